The van der Waals surface area contributed by atoms with Crippen molar-refractivity contribution < 1.29 is 13.2 Å². The van der Waals surface area contributed by atoms with Crippen LogP contribution < -0.4 is 5.73 Å². The van der Waals surface area contributed by atoms with Crippen LogP contribution in [0.5, 0.6) is 0 Å². The lowest BCUT2D eigenvalue weighted by Crippen LogP contribution is -2.14. The molecule has 1 nitrogen and oxygen atoms in total. The Kier molecular flexibility index (Phi) is 2.48. The second-order valence-electron chi connectivity index (χ2n) is 3.49. The lowest BCUT2D eigenvalue weighted by Gasteiger charge is -2.18. The Bertz CT molecular complexity index is 367. The van der Waals surface area contributed by atoms with Gasteiger partial charge >= 0.3 is 0 Å². The van der Waals surface area contributed by atoms with E-state index >= 15 is 0 Å². The molecule has 0 saturated carbocycles. The van der Waals surface area contributed by atoms with E-state index in [-0.39, 0.29) is 16.8 Å². The second kappa shape index (κ2) is 3.19. The van der Waals surface area contributed by atoms with Crippen molar-refractivity contribution in [3.63, 3.8) is 0 Å². The van der Waals surface area contributed by atoms with Crippen LogP contribution in [0.15, 0.2) is 6.07 Å². The van der Waals surface area contributed by atoms with Crippen LogP contribution in [0.1, 0.15) is 23.6 Å². The van der Waals surface area contributed by atoms with Gasteiger partial charge in [0, 0.05) is 12.5 Å². The van der Waals surface area contributed by atoms with Crippen molar-refractivity contribution in [2.24, 2.45) is 0 Å². The van der Waals surface area contributed by atoms with Gasteiger partial charge in [-0.2, -0.15) is 0 Å². The second-order valence-corrected chi connectivity index (χ2v) is 3.49. The molecule has 78 valence electrons. The van der Waals surface area contributed by atoms with Crippen LogP contribution in [0.4, 0.5) is 18.9 Å². The average molecular weight is 203 g/mol. The van der Waals surface area contributed by atoms with E-state index in [4.69, 9.17) is 5.73 Å². The summed E-state index contributed by atoms with van der Waals surface area (Å²) >= 11 is 0. The summed E-state index contributed by atoms with van der Waals surface area (Å²) in [5.74, 6) is -3.80. The zero-order valence-electron chi connectivity index (χ0n) is 8.29. The molecular formula is C10H12F3N. The van der Waals surface area contributed by atoms with Gasteiger partial charge in [0.1, 0.15) is 5.82 Å². The summed E-state index contributed by atoms with van der Waals surface area (Å²) in [5, 5.41) is 0. The molecule has 0 heterocycles. The maximum atomic E-state index is 13.2. The molecule has 0 spiro atoms. The number of rotatable bonds is 1. The molecule has 0 radical (unpaired) electrons. The first-order valence-corrected chi connectivity index (χ1v) is 4.18. The van der Waals surface area contributed by atoms with Crippen molar-refractivity contribution in [1.82, 2.24) is 0 Å². The Morgan fingerprint density at radius 2 is 1.79 bits per heavy atom. The number of anilines is 1. The Morgan fingerprint density at radius 1 is 1.29 bits per heavy atom. The van der Waals surface area contributed by atoms with Gasteiger partial charge in [0.2, 0.25) is 0 Å². The molecule has 0 atom stereocenters. The van der Waals surface area contributed by atoms with Crippen LogP contribution in [-0.2, 0) is 5.92 Å². The summed E-state index contributed by atoms with van der Waals surface area (Å²) in [4.78, 5) is 0. The largest absolute Gasteiger partial charge is 0.396 e. The van der Waals surface area contributed by atoms with Gasteiger partial charge in [-0.3, -0.25) is 0 Å². The fourth-order valence-electron chi connectivity index (χ4n) is 1.67. The van der Waals surface area contributed by atoms with E-state index in [1.165, 1.54) is 19.9 Å². The van der Waals surface area contributed by atoms with E-state index in [9.17, 15) is 13.2 Å². The zero-order valence-corrected chi connectivity index (χ0v) is 8.29. The Hall–Kier alpha value is -1.19. The number of benzene rings is 1. The molecule has 1 aromatic carbocycles. The Labute approximate surface area is 80.7 Å². The van der Waals surface area contributed by atoms with Crippen molar-refractivity contribution in [3.05, 3.63) is 28.6 Å². The molecule has 0 fully saturated rings. The maximum absolute atomic E-state index is 13.2. The first-order chi connectivity index (χ1) is 6.25. The molecule has 2 N–H and O–H groups in total. The lowest BCUT2D eigenvalue weighted by molar-refractivity contribution is 0.0158. The fraction of sp³-hybridized carbons (Fsp3) is 0.400. The van der Waals surface area contributed by atoms with Crippen molar-refractivity contribution in [1.29, 1.82) is 0 Å². The normalized spacial score (nSPS) is 11.9. The number of hydrogen-bond donors (Lipinski definition) is 1. The minimum atomic E-state index is -3.04. The third-order valence-electron chi connectivity index (χ3n) is 2.16. The molecule has 0 bridgehead atoms. The number of nitrogens with two attached hydrogens (primary N) is 1. The summed E-state index contributed by atoms with van der Waals surface area (Å²) in [6.07, 6.45) is 0. The molecule has 1 aromatic rings. The number of aryl methyl sites for hydroxylation is 1. The quantitative estimate of drug-likeness (QED) is 0.697. The minimum Gasteiger partial charge on any atom is -0.396 e. The van der Waals surface area contributed by atoms with Crippen LogP contribution in [0.25, 0.3) is 0 Å². The van der Waals surface area contributed by atoms with E-state index < -0.39 is 11.7 Å². The van der Waals surface area contributed by atoms with Gasteiger partial charge in [-0.1, -0.05) is 0 Å². The van der Waals surface area contributed by atoms with Crippen molar-refractivity contribution in [3.8, 4) is 0 Å². The van der Waals surface area contributed by atoms with Crippen LogP contribution in [0.2, 0.25) is 0 Å². The maximum Gasteiger partial charge on any atom is 0.271 e. The van der Waals surface area contributed by atoms with E-state index in [0.717, 1.165) is 6.92 Å². The van der Waals surface area contributed by atoms with Crippen LogP contribution in [-0.4, -0.2) is 0 Å². The highest BCUT2D eigenvalue weighted by Crippen LogP contribution is 2.35. The summed E-state index contributed by atoms with van der Waals surface area (Å²) in [6.45, 7) is 3.55. The highest BCUT2D eigenvalue weighted by atomic mass is 19.3. The molecule has 0 amide bonds. The molecule has 0 aliphatic carbocycles. The van der Waals surface area contributed by atoms with Crippen molar-refractivity contribution in [2.75, 3.05) is 5.73 Å². The molecule has 0 saturated heterocycles. The van der Waals surface area contributed by atoms with Gasteiger partial charge < -0.3 is 5.73 Å². The van der Waals surface area contributed by atoms with Gasteiger partial charge in [0.15, 0.2) is 0 Å². The number of hydrogen-bond acceptors (Lipinski definition) is 1. The molecule has 4 heteroatoms. The summed E-state index contributed by atoms with van der Waals surface area (Å²) in [5.41, 5.74) is 5.19. The first kappa shape index (κ1) is 10.9. The highest BCUT2D eigenvalue weighted by molar-refractivity contribution is 5.51. The smallest absolute Gasteiger partial charge is 0.271 e. The third-order valence-corrected chi connectivity index (χ3v) is 2.16. The van der Waals surface area contributed by atoms with E-state index in [2.05, 4.69) is 0 Å². The predicted molar refractivity (Wildman–Crippen MR) is 49.9 cm³/mol. The highest BCUT2D eigenvalue weighted by Gasteiger charge is 2.30. The molecule has 0 aliphatic heterocycles. The number of nitrogen functional groups attached to an aromatic ring is 1. The topological polar surface area (TPSA) is 26.0 Å². The van der Waals surface area contributed by atoms with Gasteiger partial charge in [-0.05, 0) is 31.0 Å². The third kappa shape index (κ3) is 1.69. The fourth-order valence-corrected chi connectivity index (χ4v) is 1.67. The summed E-state index contributed by atoms with van der Waals surface area (Å²) in [6, 6.07) is 1.23. The molecule has 0 aliphatic rings. The van der Waals surface area contributed by atoms with Gasteiger partial charge in [0.05, 0.1) is 5.69 Å². The van der Waals surface area contributed by atoms with Crippen molar-refractivity contribution in [2.45, 2.75) is 26.7 Å². The summed E-state index contributed by atoms with van der Waals surface area (Å²) in [7, 11) is 0. The molecule has 0 unspecified atom stereocenters. The van der Waals surface area contributed by atoms with Gasteiger partial charge in [-0.15, -0.1) is 0 Å². The zero-order chi connectivity index (χ0) is 11.1. The number of halogens is 3. The van der Waals surface area contributed by atoms with Crippen LogP contribution in [0, 0.1) is 19.7 Å². The molecular weight excluding hydrogens is 191 g/mol. The predicted octanol–water partition coefficient (Wildman–Crippen LogP) is 3.14. The SMILES string of the molecule is Cc1cc(N)c(F)c(C)c1C(C)(F)F. The Balaban J connectivity index is 3.53. The van der Waals surface area contributed by atoms with Crippen LogP contribution in [0.3, 0.4) is 0 Å². The standard InChI is InChI=1S/C10H12F3N/c1-5-4-7(14)9(11)6(2)8(5)10(3,12)13/h4H,14H2,1-3H3. The monoisotopic (exact) mass is 203 g/mol. The van der Waals surface area contributed by atoms with Gasteiger partial charge in [-0.25, -0.2) is 13.2 Å². The van der Waals surface area contributed by atoms with E-state index in [0.29, 0.717) is 5.56 Å². The molecule has 14 heavy (non-hydrogen) atoms. The van der Waals surface area contributed by atoms with Gasteiger partial charge in [0.25, 0.3) is 5.92 Å². The average Bonchev–Trinajstić information content (AvgIpc) is 1.97. The molecule has 0 aromatic heterocycles. The molecule has 1 rings (SSSR count). The van der Waals surface area contributed by atoms with E-state index in [1.54, 1.807) is 0 Å². The Morgan fingerprint density at radius 3 is 2.21 bits per heavy atom. The summed E-state index contributed by atoms with van der Waals surface area (Å²) < 4.78 is 39.4. The van der Waals surface area contributed by atoms with Crippen molar-refractivity contribution >= 4 is 5.69 Å². The number of alkyl halides is 2. The first-order valence-electron chi connectivity index (χ1n) is 4.18. The lowest BCUT2D eigenvalue weighted by atomic mass is 9.96. The minimum absolute atomic E-state index is 0.0741. The van der Waals surface area contributed by atoms with E-state index in [1.807, 2.05) is 0 Å². The van der Waals surface area contributed by atoms with Crippen LogP contribution >= 0.6 is 0 Å².